The van der Waals surface area contributed by atoms with Crippen molar-refractivity contribution in [3.05, 3.63) is 12.2 Å². The van der Waals surface area contributed by atoms with E-state index in [0.29, 0.717) is 12.1 Å². The number of amides is 2. The van der Waals surface area contributed by atoms with Gasteiger partial charge in [0, 0.05) is 19.1 Å². The Balaban J connectivity index is 1.76. The number of carbonyl (C=O) groups is 1. The molecule has 2 amide bonds. The Morgan fingerprint density at radius 1 is 1.38 bits per heavy atom. The molecule has 0 saturated heterocycles. The second-order valence-corrected chi connectivity index (χ2v) is 3.93. The third-order valence-electron chi connectivity index (χ3n) is 2.75. The van der Waals surface area contributed by atoms with Crippen LogP contribution in [0.2, 0.25) is 0 Å². The summed E-state index contributed by atoms with van der Waals surface area (Å²) in [5.74, 6) is 0. The number of rotatable bonds is 2. The monoisotopic (exact) mass is 180 g/mol. The Kier molecular flexibility index (Phi) is 2.25. The molecule has 0 aromatic rings. The van der Waals surface area contributed by atoms with Gasteiger partial charge in [-0.05, 0) is 25.7 Å². The smallest absolute Gasteiger partial charge is 0.317 e. The van der Waals surface area contributed by atoms with Crippen molar-refractivity contribution in [1.82, 2.24) is 10.2 Å². The SMILES string of the molecule is CN(C(=O)NC1CC=CC1)C1CC1. The van der Waals surface area contributed by atoms with Gasteiger partial charge >= 0.3 is 6.03 Å². The van der Waals surface area contributed by atoms with Crippen LogP contribution in [-0.2, 0) is 0 Å². The molecule has 0 aliphatic heterocycles. The van der Waals surface area contributed by atoms with Gasteiger partial charge in [0.15, 0.2) is 0 Å². The van der Waals surface area contributed by atoms with Crippen LogP contribution in [0.3, 0.4) is 0 Å². The van der Waals surface area contributed by atoms with Crippen LogP contribution in [0.4, 0.5) is 4.79 Å². The average Bonchev–Trinajstić information content (AvgIpc) is 2.85. The zero-order valence-corrected chi connectivity index (χ0v) is 7.99. The maximum absolute atomic E-state index is 11.6. The van der Waals surface area contributed by atoms with E-state index in [1.165, 1.54) is 12.8 Å². The molecule has 2 rings (SSSR count). The molecule has 0 heterocycles. The van der Waals surface area contributed by atoms with Gasteiger partial charge in [-0.25, -0.2) is 4.79 Å². The summed E-state index contributed by atoms with van der Waals surface area (Å²) in [5.41, 5.74) is 0. The minimum absolute atomic E-state index is 0.0937. The summed E-state index contributed by atoms with van der Waals surface area (Å²) >= 11 is 0. The van der Waals surface area contributed by atoms with Gasteiger partial charge in [0.25, 0.3) is 0 Å². The lowest BCUT2D eigenvalue weighted by Gasteiger charge is -2.20. The van der Waals surface area contributed by atoms with Crippen molar-refractivity contribution in [2.24, 2.45) is 0 Å². The van der Waals surface area contributed by atoms with Gasteiger partial charge in [0.2, 0.25) is 0 Å². The molecular weight excluding hydrogens is 164 g/mol. The average molecular weight is 180 g/mol. The molecule has 13 heavy (non-hydrogen) atoms. The summed E-state index contributed by atoms with van der Waals surface area (Å²) in [6, 6.07) is 0.944. The summed E-state index contributed by atoms with van der Waals surface area (Å²) < 4.78 is 0. The Labute approximate surface area is 78.8 Å². The molecule has 2 aliphatic carbocycles. The van der Waals surface area contributed by atoms with E-state index in [0.717, 1.165) is 12.8 Å². The minimum atomic E-state index is 0.0937. The van der Waals surface area contributed by atoms with Gasteiger partial charge in [0.1, 0.15) is 0 Å². The highest BCUT2D eigenvalue weighted by Gasteiger charge is 2.30. The summed E-state index contributed by atoms with van der Waals surface area (Å²) in [6.07, 6.45) is 8.58. The third kappa shape index (κ3) is 2.02. The molecule has 0 radical (unpaired) electrons. The van der Waals surface area contributed by atoms with Gasteiger partial charge in [-0.3, -0.25) is 0 Å². The normalized spacial score (nSPS) is 21.9. The molecule has 0 bridgehead atoms. The molecule has 1 fully saturated rings. The second kappa shape index (κ2) is 3.40. The van der Waals surface area contributed by atoms with E-state index in [4.69, 9.17) is 0 Å². The van der Waals surface area contributed by atoms with Crippen LogP contribution < -0.4 is 5.32 Å². The molecule has 3 heteroatoms. The van der Waals surface area contributed by atoms with Crippen LogP contribution in [0.15, 0.2) is 12.2 Å². The molecule has 0 aromatic carbocycles. The predicted molar refractivity (Wildman–Crippen MR) is 51.5 cm³/mol. The lowest BCUT2D eigenvalue weighted by atomic mass is 10.2. The Hall–Kier alpha value is -0.990. The number of nitrogens with one attached hydrogen (secondary N) is 1. The molecule has 72 valence electrons. The van der Waals surface area contributed by atoms with Gasteiger partial charge in [-0.2, -0.15) is 0 Å². The Morgan fingerprint density at radius 2 is 2.00 bits per heavy atom. The van der Waals surface area contributed by atoms with Gasteiger partial charge in [-0.15, -0.1) is 0 Å². The van der Waals surface area contributed by atoms with Crippen LogP contribution in [0.5, 0.6) is 0 Å². The number of carbonyl (C=O) groups excluding carboxylic acids is 1. The zero-order chi connectivity index (χ0) is 9.26. The van der Waals surface area contributed by atoms with Gasteiger partial charge in [-0.1, -0.05) is 12.2 Å². The summed E-state index contributed by atoms with van der Waals surface area (Å²) in [5, 5.41) is 3.02. The van der Waals surface area contributed by atoms with E-state index >= 15 is 0 Å². The number of hydrogen-bond acceptors (Lipinski definition) is 1. The van der Waals surface area contributed by atoms with E-state index in [1.807, 2.05) is 11.9 Å². The molecule has 2 aliphatic rings. The predicted octanol–water partition coefficient (Wildman–Crippen LogP) is 1.51. The fourth-order valence-electron chi connectivity index (χ4n) is 1.64. The van der Waals surface area contributed by atoms with Crippen molar-refractivity contribution in [2.75, 3.05) is 7.05 Å². The van der Waals surface area contributed by atoms with Crippen LogP contribution in [0, 0.1) is 0 Å². The van der Waals surface area contributed by atoms with Crippen molar-refractivity contribution < 1.29 is 4.79 Å². The number of hydrogen-bond donors (Lipinski definition) is 1. The molecule has 0 spiro atoms. The fourth-order valence-corrected chi connectivity index (χ4v) is 1.64. The van der Waals surface area contributed by atoms with Crippen molar-refractivity contribution in [3.63, 3.8) is 0 Å². The first-order chi connectivity index (χ1) is 6.27. The number of urea groups is 1. The van der Waals surface area contributed by atoms with Crippen LogP contribution in [0.1, 0.15) is 25.7 Å². The standard InChI is InChI=1S/C10H16N2O/c1-12(9-6-7-9)10(13)11-8-4-2-3-5-8/h2-3,8-9H,4-7H2,1H3,(H,11,13). The Morgan fingerprint density at radius 3 is 2.54 bits per heavy atom. The van der Waals surface area contributed by atoms with Crippen LogP contribution in [0.25, 0.3) is 0 Å². The highest BCUT2D eigenvalue weighted by Crippen LogP contribution is 2.25. The topological polar surface area (TPSA) is 32.3 Å². The molecule has 0 atom stereocenters. The molecule has 1 saturated carbocycles. The first-order valence-electron chi connectivity index (χ1n) is 4.95. The van der Waals surface area contributed by atoms with E-state index in [1.54, 1.807) is 0 Å². The number of nitrogens with zero attached hydrogens (tertiary/aromatic N) is 1. The van der Waals surface area contributed by atoms with Crippen molar-refractivity contribution in [2.45, 2.75) is 37.8 Å². The van der Waals surface area contributed by atoms with Crippen molar-refractivity contribution >= 4 is 6.03 Å². The Bertz CT molecular complexity index is 225. The first kappa shape index (κ1) is 8.60. The highest BCUT2D eigenvalue weighted by molar-refractivity contribution is 5.75. The highest BCUT2D eigenvalue weighted by atomic mass is 16.2. The third-order valence-corrected chi connectivity index (χ3v) is 2.75. The van der Waals surface area contributed by atoms with Gasteiger partial charge < -0.3 is 10.2 Å². The fraction of sp³-hybridized carbons (Fsp3) is 0.700. The van der Waals surface area contributed by atoms with Gasteiger partial charge in [0.05, 0.1) is 0 Å². The quantitative estimate of drug-likeness (QED) is 0.642. The lowest BCUT2D eigenvalue weighted by molar-refractivity contribution is 0.203. The van der Waals surface area contributed by atoms with E-state index < -0.39 is 0 Å². The molecule has 3 nitrogen and oxygen atoms in total. The summed E-state index contributed by atoms with van der Waals surface area (Å²) in [4.78, 5) is 13.4. The van der Waals surface area contributed by atoms with E-state index in [9.17, 15) is 4.79 Å². The van der Waals surface area contributed by atoms with Crippen LogP contribution in [-0.4, -0.2) is 30.1 Å². The van der Waals surface area contributed by atoms with E-state index in [-0.39, 0.29) is 6.03 Å². The zero-order valence-electron chi connectivity index (χ0n) is 7.99. The van der Waals surface area contributed by atoms with Crippen molar-refractivity contribution in [1.29, 1.82) is 0 Å². The largest absolute Gasteiger partial charge is 0.335 e. The summed E-state index contributed by atoms with van der Waals surface area (Å²) in [7, 11) is 1.88. The summed E-state index contributed by atoms with van der Waals surface area (Å²) in [6.45, 7) is 0. The lowest BCUT2D eigenvalue weighted by Crippen LogP contribution is -2.43. The second-order valence-electron chi connectivity index (χ2n) is 3.93. The molecular formula is C10H16N2O. The maximum Gasteiger partial charge on any atom is 0.317 e. The maximum atomic E-state index is 11.6. The molecule has 1 N–H and O–H groups in total. The first-order valence-corrected chi connectivity index (χ1v) is 4.95. The minimum Gasteiger partial charge on any atom is -0.335 e. The molecule has 0 aromatic heterocycles. The molecule has 0 unspecified atom stereocenters. The van der Waals surface area contributed by atoms with Crippen LogP contribution >= 0.6 is 0 Å². The van der Waals surface area contributed by atoms with E-state index in [2.05, 4.69) is 17.5 Å². The van der Waals surface area contributed by atoms with Crippen molar-refractivity contribution in [3.8, 4) is 0 Å².